The summed E-state index contributed by atoms with van der Waals surface area (Å²) in [6.45, 7) is 8.42. The summed E-state index contributed by atoms with van der Waals surface area (Å²) < 4.78 is 38.0. The van der Waals surface area contributed by atoms with Gasteiger partial charge < -0.3 is 14.6 Å². The second-order valence-electron chi connectivity index (χ2n) is 9.01. The lowest BCUT2D eigenvalue weighted by Crippen LogP contribution is -2.54. The Hall–Kier alpha value is -0.950. The molecule has 1 aromatic carbocycles. The molecule has 2 saturated heterocycles. The standard InChI is InChI=1S/C22H34O5S/c1-15(2)21-17(4)9-11-22(27-21)14-18(23)13-19(26-22)10-12-28(24,25)20-7-5-16(3)6-8-20/h5-8,15,17-19,21,23H,9-14H2,1-4H3/t17-,18-,19-,21+,22-/m0/s1. The van der Waals surface area contributed by atoms with E-state index < -0.39 is 21.7 Å². The van der Waals surface area contributed by atoms with Gasteiger partial charge in [-0.05, 0) is 50.2 Å². The second-order valence-corrected chi connectivity index (χ2v) is 11.1. The molecule has 0 amide bonds. The van der Waals surface area contributed by atoms with Gasteiger partial charge in [0, 0.05) is 12.8 Å². The van der Waals surface area contributed by atoms with Crippen LogP contribution in [-0.4, -0.2) is 43.4 Å². The van der Waals surface area contributed by atoms with E-state index in [9.17, 15) is 13.5 Å². The summed E-state index contributed by atoms with van der Waals surface area (Å²) >= 11 is 0. The average molecular weight is 411 g/mol. The van der Waals surface area contributed by atoms with E-state index in [1.807, 2.05) is 19.1 Å². The van der Waals surface area contributed by atoms with Crippen LogP contribution in [0.1, 0.15) is 58.4 Å². The van der Waals surface area contributed by atoms with Gasteiger partial charge in [-0.15, -0.1) is 0 Å². The predicted octanol–water partition coefficient (Wildman–Crippen LogP) is 3.87. The lowest BCUT2D eigenvalue weighted by molar-refractivity contribution is -0.340. The monoisotopic (exact) mass is 410 g/mol. The molecule has 5 atom stereocenters. The van der Waals surface area contributed by atoms with Crippen molar-refractivity contribution in [2.24, 2.45) is 11.8 Å². The first-order chi connectivity index (χ1) is 13.1. The molecule has 2 aliphatic heterocycles. The third kappa shape index (κ3) is 4.96. The fourth-order valence-electron chi connectivity index (χ4n) is 4.54. The molecule has 2 fully saturated rings. The van der Waals surface area contributed by atoms with Gasteiger partial charge in [-0.1, -0.05) is 38.5 Å². The molecule has 28 heavy (non-hydrogen) atoms. The van der Waals surface area contributed by atoms with Gasteiger partial charge in [-0.25, -0.2) is 8.42 Å². The molecule has 2 heterocycles. The minimum absolute atomic E-state index is 0.00748. The SMILES string of the molecule is Cc1ccc(S(=O)(=O)CC[C@H]2C[C@H](O)C[C@@]3(CC[C@H](C)[C@@H](C(C)C)O3)O2)cc1. The maximum atomic E-state index is 12.7. The zero-order chi connectivity index (χ0) is 20.5. The number of ether oxygens (including phenoxy) is 2. The number of rotatable bonds is 5. The Kier molecular flexibility index (Phi) is 6.54. The third-order valence-electron chi connectivity index (χ3n) is 6.10. The fourth-order valence-corrected chi connectivity index (χ4v) is 5.90. The molecule has 0 radical (unpaired) electrons. The summed E-state index contributed by atoms with van der Waals surface area (Å²) in [5, 5.41) is 10.5. The zero-order valence-corrected chi connectivity index (χ0v) is 18.2. The van der Waals surface area contributed by atoms with Crippen LogP contribution in [-0.2, 0) is 19.3 Å². The highest BCUT2D eigenvalue weighted by atomic mass is 32.2. The van der Waals surface area contributed by atoms with Crippen molar-refractivity contribution in [3.63, 3.8) is 0 Å². The minimum atomic E-state index is -3.37. The van der Waals surface area contributed by atoms with E-state index in [4.69, 9.17) is 9.47 Å². The number of aliphatic hydroxyl groups is 1. The highest BCUT2D eigenvalue weighted by Gasteiger charge is 2.47. The lowest BCUT2D eigenvalue weighted by atomic mass is 9.83. The van der Waals surface area contributed by atoms with Crippen LogP contribution < -0.4 is 0 Å². The van der Waals surface area contributed by atoms with Crippen molar-refractivity contribution in [2.75, 3.05) is 5.75 Å². The highest BCUT2D eigenvalue weighted by Crippen LogP contribution is 2.43. The van der Waals surface area contributed by atoms with Crippen LogP contribution >= 0.6 is 0 Å². The molecule has 0 saturated carbocycles. The largest absolute Gasteiger partial charge is 0.393 e. The van der Waals surface area contributed by atoms with Gasteiger partial charge in [0.05, 0.1) is 29.0 Å². The van der Waals surface area contributed by atoms with Gasteiger partial charge in [0.1, 0.15) is 0 Å². The van der Waals surface area contributed by atoms with Gasteiger partial charge in [0.2, 0.25) is 0 Å². The van der Waals surface area contributed by atoms with Crippen molar-refractivity contribution in [3.8, 4) is 0 Å². The van der Waals surface area contributed by atoms with E-state index in [1.165, 1.54) is 0 Å². The number of aliphatic hydroxyl groups excluding tert-OH is 1. The Morgan fingerprint density at radius 3 is 2.54 bits per heavy atom. The van der Waals surface area contributed by atoms with Crippen molar-refractivity contribution in [3.05, 3.63) is 29.8 Å². The maximum absolute atomic E-state index is 12.7. The summed E-state index contributed by atoms with van der Waals surface area (Å²) in [7, 11) is -3.37. The van der Waals surface area contributed by atoms with Gasteiger partial charge in [-0.2, -0.15) is 0 Å². The molecule has 0 bridgehead atoms. The Balaban J connectivity index is 1.67. The van der Waals surface area contributed by atoms with E-state index in [2.05, 4.69) is 20.8 Å². The van der Waals surface area contributed by atoms with Gasteiger partial charge in [0.25, 0.3) is 0 Å². The molecular formula is C22H34O5S. The summed E-state index contributed by atoms with van der Waals surface area (Å²) in [6, 6.07) is 6.93. The minimum Gasteiger partial charge on any atom is -0.393 e. The first-order valence-electron chi connectivity index (χ1n) is 10.4. The van der Waals surface area contributed by atoms with Gasteiger partial charge in [-0.3, -0.25) is 0 Å². The molecule has 0 aliphatic carbocycles. The normalized spacial score (nSPS) is 34.1. The molecule has 1 N–H and O–H groups in total. The van der Waals surface area contributed by atoms with E-state index in [0.717, 1.165) is 18.4 Å². The Morgan fingerprint density at radius 1 is 1.21 bits per heavy atom. The third-order valence-corrected chi connectivity index (χ3v) is 7.86. The van der Waals surface area contributed by atoms with Crippen LogP contribution in [0.25, 0.3) is 0 Å². The van der Waals surface area contributed by atoms with E-state index in [1.54, 1.807) is 12.1 Å². The quantitative estimate of drug-likeness (QED) is 0.798. The van der Waals surface area contributed by atoms with Crippen LogP contribution in [0.2, 0.25) is 0 Å². The summed E-state index contributed by atoms with van der Waals surface area (Å²) in [5.41, 5.74) is 1.03. The number of hydrogen-bond acceptors (Lipinski definition) is 5. The number of sulfone groups is 1. The van der Waals surface area contributed by atoms with Crippen molar-refractivity contribution >= 4 is 9.84 Å². The Bertz CT molecular complexity index is 758. The van der Waals surface area contributed by atoms with Crippen molar-refractivity contribution in [2.45, 2.75) is 88.8 Å². The second kappa shape index (κ2) is 8.42. The molecular weight excluding hydrogens is 376 g/mol. The zero-order valence-electron chi connectivity index (χ0n) is 17.4. The van der Waals surface area contributed by atoms with Gasteiger partial charge in [0.15, 0.2) is 15.6 Å². The Morgan fingerprint density at radius 2 is 1.89 bits per heavy atom. The number of benzene rings is 1. The first-order valence-corrected chi connectivity index (χ1v) is 12.1. The molecule has 1 spiro atoms. The van der Waals surface area contributed by atoms with E-state index >= 15 is 0 Å². The highest BCUT2D eigenvalue weighted by molar-refractivity contribution is 7.91. The molecule has 1 aromatic rings. The van der Waals surface area contributed by atoms with Crippen LogP contribution in [0, 0.1) is 18.8 Å². The summed E-state index contributed by atoms with van der Waals surface area (Å²) in [4.78, 5) is 0.340. The first kappa shape index (κ1) is 21.8. The van der Waals surface area contributed by atoms with Crippen molar-refractivity contribution < 1.29 is 23.0 Å². The van der Waals surface area contributed by atoms with Crippen LogP contribution in [0.5, 0.6) is 0 Å². The molecule has 6 heteroatoms. The van der Waals surface area contributed by atoms with E-state index in [-0.39, 0.29) is 18.0 Å². The lowest BCUT2D eigenvalue weighted by Gasteiger charge is -2.50. The molecule has 0 aromatic heterocycles. The van der Waals surface area contributed by atoms with Crippen LogP contribution in [0.15, 0.2) is 29.2 Å². The topological polar surface area (TPSA) is 72.8 Å². The summed E-state index contributed by atoms with van der Waals surface area (Å²) in [6.07, 6.45) is 2.27. The van der Waals surface area contributed by atoms with Gasteiger partial charge >= 0.3 is 0 Å². The van der Waals surface area contributed by atoms with Crippen LogP contribution in [0.4, 0.5) is 0 Å². The molecule has 3 rings (SSSR count). The average Bonchev–Trinajstić information content (AvgIpc) is 2.62. The molecule has 0 unspecified atom stereocenters. The number of hydrogen-bond donors (Lipinski definition) is 1. The molecule has 158 valence electrons. The predicted molar refractivity (Wildman–Crippen MR) is 109 cm³/mol. The smallest absolute Gasteiger partial charge is 0.178 e. The Labute approximate surface area is 169 Å². The molecule has 2 aliphatic rings. The maximum Gasteiger partial charge on any atom is 0.178 e. The fraction of sp³-hybridized carbons (Fsp3) is 0.727. The summed E-state index contributed by atoms with van der Waals surface area (Å²) in [5.74, 6) is 0.0502. The van der Waals surface area contributed by atoms with Crippen molar-refractivity contribution in [1.82, 2.24) is 0 Å². The number of aryl methyl sites for hydroxylation is 1. The van der Waals surface area contributed by atoms with E-state index in [0.29, 0.717) is 36.0 Å². The van der Waals surface area contributed by atoms with Crippen LogP contribution in [0.3, 0.4) is 0 Å². The molecule has 5 nitrogen and oxygen atoms in total. The van der Waals surface area contributed by atoms with Crippen molar-refractivity contribution in [1.29, 1.82) is 0 Å².